The second-order valence-electron chi connectivity index (χ2n) is 4.37. The van der Waals surface area contributed by atoms with Crippen LogP contribution in [0.3, 0.4) is 0 Å². The quantitative estimate of drug-likeness (QED) is 0.626. The van der Waals surface area contributed by atoms with Crippen molar-refractivity contribution in [2.24, 2.45) is 0 Å². The van der Waals surface area contributed by atoms with E-state index in [0.29, 0.717) is 27.3 Å². The number of Topliss-reactive ketones (excluding diaryl/α,β-unsaturated/α-hetero) is 1. The lowest BCUT2D eigenvalue weighted by molar-refractivity contribution is -0.355. The number of halogens is 1. The van der Waals surface area contributed by atoms with Gasteiger partial charge in [-0.25, -0.2) is 0 Å². The average Bonchev–Trinajstić information content (AvgIpc) is 2.70. The van der Waals surface area contributed by atoms with Crippen LogP contribution >= 0.6 is 15.9 Å². The van der Waals surface area contributed by atoms with Crippen LogP contribution in [0.4, 0.5) is 5.69 Å². The first-order valence-electron chi connectivity index (χ1n) is 5.94. The van der Waals surface area contributed by atoms with Gasteiger partial charge in [-0.05, 0) is 30.3 Å². The van der Waals surface area contributed by atoms with E-state index in [2.05, 4.69) is 15.9 Å². The summed E-state index contributed by atoms with van der Waals surface area (Å²) in [6.45, 7) is 0. The summed E-state index contributed by atoms with van der Waals surface area (Å²) in [7, 11) is 1.52. The van der Waals surface area contributed by atoms with Crippen LogP contribution in [0.2, 0.25) is 0 Å². The largest absolute Gasteiger partial charge is 0.618 e. The summed E-state index contributed by atoms with van der Waals surface area (Å²) in [6, 6.07) is 12.0. The number of rotatable bonds is 2. The topological polar surface area (TPSA) is 52.4 Å². The number of hydrogen-bond acceptors (Lipinski definition) is 3. The van der Waals surface area contributed by atoms with Crippen molar-refractivity contribution in [3.05, 3.63) is 63.3 Å². The smallest absolute Gasteiger partial charge is 0.272 e. The molecule has 0 atom stereocenters. The second kappa shape index (κ2) is 4.76. The van der Waals surface area contributed by atoms with E-state index in [1.165, 1.54) is 7.11 Å². The van der Waals surface area contributed by atoms with Gasteiger partial charge in [0.1, 0.15) is 11.3 Å². The number of carbonyl (C=O) groups is 1. The van der Waals surface area contributed by atoms with Gasteiger partial charge < -0.3 is 9.94 Å². The SMILES string of the molecule is COc1ccc2c(c1)[N+]([O-])=C(c1cccc(Br)c1)C2=O. The molecule has 1 aliphatic rings. The molecule has 5 heteroatoms. The van der Waals surface area contributed by atoms with Crippen molar-refractivity contribution in [2.45, 2.75) is 0 Å². The predicted molar refractivity (Wildman–Crippen MR) is 78.9 cm³/mol. The Labute approximate surface area is 124 Å². The molecule has 1 heterocycles. The molecule has 100 valence electrons. The average molecular weight is 332 g/mol. The zero-order valence-corrected chi connectivity index (χ0v) is 12.2. The molecule has 2 aromatic carbocycles. The first kappa shape index (κ1) is 12.9. The molecule has 0 radical (unpaired) electrons. The van der Waals surface area contributed by atoms with Gasteiger partial charge in [-0.1, -0.05) is 22.0 Å². The second-order valence-corrected chi connectivity index (χ2v) is 5.28. The highest BCUT2D eigenvalue weighted by Crippen LogP contribution is 2.31. The molecule has 20 heavy (non-hydrogen) atoms. The third kappa shape index (κ3) is 1.91. The van der Waals surface area contributed by atoms with E-state index in [9.17, 15) is 10.0 Å². The van der Waals surface area contributed by atoms with Crippen molar-refractivity contribution >= 4 is 33.1 Å². The highest BCUT2D eigenvalue weighted by molar-refractivity contribution is 9.10. The summed E-state index contributed by atoms with van der Waals surface area (Å²) < 4.78 is 6.57. The number of ether oxygens (including phenoxy) is 1. The van der Waals surface area contributed by atoms with Crippen LogP contribution in [0.25, 0.3) is 0 Å². The summed E-state index contributed by atoms with van der Waals surface area (Å²) >= 11 is 3.34. The Bertz CT molecular complexity index is 753. The van der Waals surface area contributed by atoms with Gasteiger partial charge in [0.15, 0.2) is 0 Å². The fourth-order valence-corrected chi connectivity index (χ4v) is 2.62. The number of fused-ring (bicyclic) bond motifs is 1. The Morgan fingerprint density at radius 3 is 2.70 bits per heavy atom. The molecule has 0 bridgehead atoms. The van der Waals surface area contributed by atoms with Gasteiger partial charge >= 0.3 is 0 Å². The standard InChI is InChI=1S/C15H10BrNO3/c1-20-11-5-6-12-13(8-11)17(19)14(15(12)18)9-3-2-4-10(16)7-9/h2-8H,1H3. The number of ketones is 1. The fraction of sp³-hybridized carbons (Fsp3) is 0.0667. The molecule has 0 aliphatic carbocycles. The van der Waals surface area contributed by atoms with Crippen molar-refractivity contribution in [3.8, 4) is 5.75 Å². The van der Waals surface area contributed by atoms with Crippen LogP contribution in [0.15, 0.2) is 46.9 Å². The Morgan fingerprint density at radius 2 is 2.00 bits per heavy atom. The molecule has 0 aromatic heterocycles. The molecule has 2 aromatic rings. The minimum Gasteiger partial charge on any atom is -0.618 e. The van der Waals surface area contributed by atoms with Crippen LogP contribution in [-0.4, -0.2) is 23.3 Å². The molecule has 0 spiro atoms. The van der Waals surface area contributed by atoms with E-state index in [-0.39, 0.29) is 11.5 Å². The highest BCUT2D eigenvalue weighted by Gasteiger charge is 2.36. The summed E-state index contributed by atoms with van der Waals surface area (Å²) in [5.74, 6) is 0.281. The molecule has 0 N–H and O–H groups in total. The summed E-state index contributed by atoms with van der Waals surface area (Å²) in [6.07, 6.45) is 0. The summed E-state index contributed by atoms with van der Waals surface area (Å²) in [5.41, 5.74) is 1.45. The lowest BCUT2D eigenvalue weighted by Gasteiger charge is -2.03. The zero-order chi connectivity index (χ0) is 14.3. The van der Waals surface area contributed by atoms with Gasteiger partial charge in [0.2, 0.25) is 5.69 Å². The fourth-order valence-electron chi connectivity index (χ4n) is 2.22. The molecule has 0 unspecified atom stereocenters. The van der Waals surface area contributed by atoms with Crippen LogP contribution in [0.5, 0.6) is 5.75 Å². The molecule has 0 amide bonds. The van der Waals surface area contributed by atoms with Crippen molar-refractivity contribution in [3.63, 3.8) is 0 Å². The Balaban J connectivity index is 2.18. The van der Waals surface area contributed by atoms with Crippen LogP contribution in [-0.2, 0) is 0 Å². The Kier molecular flexibility index (Phi) is 3.06. The monoisotopic (exact) mass is 331 g/mol. The van der Waals surface area contributed by atoms with Crippen molar-refractivity contribution in [2.75, 3.05) is 7.11 Å². The normalized spacial score (nSPS) is 13.6. The molecule has 0 saturated carbocycles. The molecular formula is C15H10BrNO3. The van der Waals surface area contributed by atoms with Crippen LogP contribution < -0.4 is 4.74 Å². The third-order valence-electron chi connectivity index (χ3n) is 3.18. The Hall–Kier alpha value is -2.14. The molecule has 3 rings (SSSR count). The Morgan fingerprint density at radius 1 is 1.20 bits per heavy atom. The van der Waals surface area contributed by atoms with E-state index in [1.54, 1.807) is 36.4 Å². The van der Waals surface area contributed by atoms with Gasteiger partial charge in [0.25, 0.3) is 11.5 Å². The van der Waals surface area contributed by atoms with Gasteiger partial charge in [0.05, 0.1) is 18.7 Å². The van der Waals surface area contributed by atoms with Crippen LogP contribution in [0, 0.1) is 5.21 Å². The number of methoxy groups -OCH3 is 1. The summed E-state index contributed by atoms with van der Waals surface area (Å²) in [4.78, 5) is 12.4. The molecule has 1 aliphatic heterocycles. The van der Waals surface area contributed by atoms with Crippen LogP contribution in [0.1, 0.15) is 15.9 Å². The minimum absolute atomic E-state index is 0.134. The van der Waals surface area contributed by atoms with E-state index in [1.807, 2.05) is 6.07 Å². The molecule has 0 saturated heterocycles. The van der Waals surface area contributed by atoms with Crippen molar-refractivity contribution < 1.29 is 14.3 Å². The zero-order valence-electron chi connectivity index (χ0n) is 10.6. The molecular weight excluding hydrogens is 322 g/mol. The maximum atomic E-state index is 12.4. The number of benzene rings is 2. The minimum atomic E-state index is -0.268. The number of hydrogen-bond donors (Lipinski definition) is 0. The predicted octanol–water partition coefficient (Wildman–Crippen LogP) is 3.29. The number of nitrogens with zero attached hydrogens (tertiary/aromatic N) is 1. The van der Waals surface area contributed by atoms with Crippen molar-refractivity contribution in [1.82, 2.24) is 0 Å². The number of carbonyl (C=O) groups excluding carboxylic acids is 1. The van der Waals surface area contributed by atoms with E-state index in [4.69, 9.17) is 4.74 Å². The third-order valence-corrected chi connectivity index (χ3v) is 3.68. The first-order chi connectivity index (χ1) is 9.61. The maximum absolute atomic E-state index is 12.4. The van der Waals surface area contributed by atoms with Gasteiger partial charge in [-0.15, -0.1) is 0 Å². The van der Waals surface area contributed by atoms with E-state index >= 15 is 0 Å². The van der Waals surface area contributed by atoms with Gasteiger partial charge in [-0.2, -0.15) is 4.74 Å². The maximum Gasteiger partial charge on any atom is 0.272 e. The summed E-state index contributed by atoms with van der Waals surface area (Å²) in [5, 5.41) is 12.4. The van der Waals surface area contributed by atoms with Crippen molar-refractivity contribution in [1.29, 1.82) is 0 Å². The highest BCUT2D eigenvalue weighted by atomic mass is 79.9. The lowest BCUT2D eigenvalue weighted by atomic mass is 10.0. The van der Waals surface area contributed by atoms with Gasteiger partial charge in [0, 0.05) is 4.47 Å². The van der Waals surface area contributed by atoms with Gasteiger partial charge in [-0.3, -0.25) is 4.79 Å². The lowest BCUT2D eigenvalue weighted by Crippen LogP contribution is -2.16. The van der Waals surface area contributed by atoms with E-state index in [0.717, 1.165) is 4.47 Å². The first-order valence-corrected chi connectivity index (χ1v) is 6.74. The van der Waals surface area contributed by atoms with E-state index < -0.39 is 0 Å². The molecule has 4 nitrogen and oxygen atoms in total. The molecule has 0 fully saturated rings.